The fourth-order valence-electron chi connectivity index (χ4n) is 4.18. The van der Waals surface area contributed by atoms with Crippen LogP contribution in [0.2, 0.25) is 0 Å². The zero-order valence-corrected chi connectivity index (χ0v) is 20.9. The lowest BCUT2D eigenvalue weighted by molar-refractivity contribution is -0.0418. The van der Waals surface area contributed by atoms with Gasteiger partial charge < -0.3 is 23.5 Å². The van der Waals surface area contributed by atoms with Crippen molar-refractivity contribution < 1.29 is 32.6 Å². The van der Waals surface area contributed by atoms with Crippen molar-refractivity contribution in [1.82, 2.24) is 14.3 Å². The highest BCUT2D eigenvalue weighted by Crippen LogP contribution is 2.32. The maximum absolute atomic E-state index is 15.2. The smallest absolute Gasteiger partial charge is 0.410 e. The highest BCUT2D eigenvalue weighted by atomic mass is 19.1. The molecule has 1 atom stereocenters. The van der Waals surface area contributed by atoms with Gasteiger partial charge >= 0.3 is 12.1 Å². The molecule has 1 fully saturated rings. The summed E-state index contributed by atoms with van der Waals surface area (Å²) in [5.74, 6) is -2.71. The van der Waals surface area contributed by atoms with Crippen molar-refractivity contribution in [3.8, 4) is 11.3 Å². The van der Waals surface area contributed by atoms with Crippen molar-refractivity contribution in [3.63, 3.8) is 0 Å². The molecule has 1 aliphatic rings. The molecule has 2 aromatic heterocycles. The molecule has 8 nitrogen and oxygen atoms in total. The van der Waals surface area contributed by atoms with Crippen LogP contribution < -0.4 is 0 Å². The Kier molecular flexibility index (Phi) is 6.99. The second-order valence-corrected chi connectivity index (χ2v) is 9.77. The standard InChI is InChI=1S/C26H29F2N3O5/c1-15-6-7-31-20(13-17-14-30(8-9-35-17)25(33)36-26(2,3)4)23(29-21(31)10-15)22-18(27)11-16(12-19(22)28)24(32)34-5/h6-7,10-12,17H,8-9,13-14H2,1-5H3/t17-/m0/s1. The lowest BCUT2D eigenvalue weighted by atomic mass is 10.0. The third-order valence-corrected chi connectivity index (χ3v) is 5.79. The Balaban J connectivity index is 1.72. The number of methoxy groups -OCH3 is 1. The van der Waals surface area contributed by atoms with Gasteiger partial charge in [-0.3, -0.25) is 0 Å². The first-order valence-electron chi connectivity index (χ1n) is 11.6. The second-order valence-electron chi connectivity index (χ2n) is 9.77. The van der Waals surface area contributed by atoms with Crippen molar-refractivity contribution >= 4 is 17.7 Å². The van der Waals surface area contributed by atoms with E-state index in [2.05, 4.69) is 9.72 Å². The number of imidazole rings is 1. The molecule has 1 aliphatic heterocycles. The van der Waals surface area contributed by atoms with Crippen LogP contribution in [-0.2, 0) is 20.6 Å². The molecule has 4 rings (SSSR count). The number of ether oxygens (including phenoxy) is 3. The molecule has 3 heterocycles. The average Bonchev–Trinajstić information content (AvgIpc) is 3.13. The molecule has 0 saturated carbocycles. The Morgan fingerprint density at radius 2 is 1.89 bits per heavy atom. The zero-order valence-electron chi connectivity index (χ0n) is 20.9. The number of rotatable bonds is 4. The molecule has 36 heavy (non-hydrogen) atoms. The number of hydrogen-bond donors (Lipinski definition) is 0. The predicted molar refractivity (Wildman–Crippen MR) is 128 cm³/mol. The maximum Gasteiger partial charge on any atom is 0.410 e. The molecular formula is C26H29F2N3O5. The number of esters is 1. The Labute approximate surface area is 207 Å². The van der Waals surface area contributed by atoms with Crippen molar-refractivity contribution in [2.75, 3.05) is 26.8 Å². The summed E-state index contributed by atoms with van der Waals surface area (Å²) in [6.45, 7) is 8.20. The number of carbonyl (C=O) groups is 2. The molecule has 1 saturated heterocycles. The highest BCUT2D eigenvalue weighted by Gasteiger charge is 2.31. The largest absolute Gasteiger partial charge is 0.465 e. The average molecular weight is 502 g/mol. The van der Waals surface area contributed by atoms with Gasteiger partial charge in [0.05, 0.1) is 48.9 Å². The highest BCUT2D eigenvalue weighted by molar-refractivity contribution is 5.90. The van der Waals surface area contributed by atoms with Crippen LogP contribution in [-0.4, -0.2) is 64.9 Å². The van der Waals surface area contributed by atoms with Gasteiger partial charge in [0.15, 0.2) is 0 Å². The molecule has 0 bridgehead atoms. The summed E-state index contributed by atoms with van der Waals surface area (Å²) in [5, 5.41) is 0. The minimum Gasteiger partial charge on any atom is -0.465 e. The van der Waals surface area contributed by atoms with Gasteiger partial charge in [0, 0.05) is 19.2 Å². The fourth-order valence-corrected chi connectivity index (χ4v) is 4.18. The number of benzene rings is 1. The Bertz CT molecular complexity index is 1290. The molecule has 0 unspecified atom stereocenters. The molecule has 1 amide bonds. The Morgan fingerprint density at radius 3 is 2.53 bits per heavy atom. The summed E-state index contributed by atoms with van der Waals surface area (Å²) in [4.78, 5) is 30.5. The van der Waals surface area contributed by atoms with Crippen molar-refractivity contribution in [1.29, 1.82) is 0 Å². The van der Waals surface area contributed by atoms with Crippen LogP contribution in [0, 0.1) is 18.6 Å². The van der Waals surface area contributed by atoms with Crippen molar-refractivity contribution in [2.45, 2.75) is 45.8 Å². The predicted octanol–water partition coefficient (Wildman–Crippen LogP) is 4.55. The summed E-state index contributed by atoms with van der Waals surface area (Å²) >= 11 is 0. The van der Waals surface area contributed by atoms with Gasteiger partial charge in [-0.25, -0.2) is 23.4 Å². The third-order valence-electron chi connectivity index (χ3n) is 5.79. The number of carbonyl (C=O) groups excluding carboxylic acids is 2. The van der Waals surface area contributed by atoms with E-state index >= 15 is 8.78 Å². The van der Waals surface area contributed by atoms with E-state index in [4.69, 9.17) is 9.47 Å². The normalized spacial score (nSPS) is 16.3. The van der Waals surface area contributed by atoms with Crippen LogP contribution in [0.15, 0.2) is 30.5 Å². The van der Waals surface area contributed by atoms with E-state index in [1.165, 1.54) is 0 Å². The number of pyridine rings is 1. The van der Waals surface area contributed by atoms with Gasteiger partial charge in [0.2, 0.25) is 0 Å². The second kappa shape index (κ2) is 9.85. The zero-order chi connectivity index (χ0) is 26.2. The number of aromatic nitrogens is 2. The number of halogens is 2. The number of aryl methyl sites for hydroxylation is 1. The monoisotopic (exact) mass is 501 g/mol. The van der Waals surface area contributed by atoms with Crippen LogP contribution in [0.25, 0.3) is 16.9 Å². The molecule has 192 valence electrons. The van der Waals surface area contributed by atoms with Gasteiger partial charge in [0.1, 0.15) is 22.9 Å². The number of nitrogens with zero attached hydrogens (tertiary/aromatic N) is 3. The summed E-state index contributed by atoms with van der Waals surface area (Å²) in [6.07, 6.45) is 1.12. The summed E-state index contributed by atoms with van der Waals surface area (Å²) in [7, 11) is 1.14. The van der Waals surface area contributed by atoms with E-state index in [1.807, 2.05) is 13.0 Å². The Morgan fingerprint density at radius 1 is 1.19 bits per heavy atom. The topological polar surface area (TPSA) is 82.4 Å². The van der Waals surface area contributed by atoms with Crippen molar-refractivity contribution in [3.05, 3.63) is 58.9 Å². The SMILES string of the molecule is COC(=O)c1cc(F)c(-c2nc3cc(C)ccn3c2C[C@H]2CN(C(=O)OC(C)(C)C)CCO2)c(F)c1. The maximum atomic E-state index is 15.2. The van der Waals surface area contributed by atoms with E-state index in [-0.39, 0.29) is 29.8 Å². The number of morpholine rings is 1. The van der Waals surface area contributed by atoms with Crippen LogP contribution >= 0.6 is 0 Å². The minimum absolute atomic E-state index is 0.102. The molecule has 1 aromatic carbocycles. The molecule has 0 N–H and O–H groups in total. The van der Waals surface area contributed by atoms with Gasteiger partial charge in [-0.2, -0.15) is 0 Å². The van der Waals surface area contributed by atoms with E-state index in [1.54, 1.807) is 42.3 Å². The van der Waals surface area contributed by atoms with Crippen molar-refractivity contribution in [2.24, 2.45) is 0 Å². The number of amides is 1. The quantitative estimate of drug-likeness (QED) is 0.488. The van der Waals surface area contributed by atoms with Gasteiger partial charge in [0.25, 0.3) is 0 Å². The van der Waals surface area contributed by atoms with Crippen LogP contribution in [0.5, 0.6) is 0 Å². The van der Waals surface area contributed by atoms with Crippen LogP contribution in [0.3, 0.4) is 0 Å². The summed E-state index contributed by atoms with van der Waals surface area (Å²) in [6, 6.07) is 5.54. The minimum atomic E-state index is -0.934. The van der Waals surface area contributed by atoms with Gasteiger partial charge in [-0.05, 0) is 57.5 Å². The van der Waals surface area contributed by atoms with Gasteiger partial charge in [-0.15, -0.1) is 0 Å². The lowest BCUT2D eigenvalue weighted by Gasteiger charge is -2.34. The first-order chi connectivity index (χ1) is 17.0. The molecular weight excluding hydrogens is 472 g/mol. The molecule has 0 radical (unpaired) electrons. The third kappa shape index (κ3) is 5.33. The summed E-state index contributed by atoms with van der Waals surface area (Å²) < 4.78 is 48.1. The number of fused-ring (bicyclic) bond motifs is 1. The fraction of sp³-hybridized carbons (Fsp3) is 0.423. The number of hydrogen-bond acceptors (Lipinski definition) is 6. The van der Waals surface area contributed by atoms with E-state index < -0.39 is 35.4 Å². The first-order valence-corrected chi connectivity index (χ1v) is 11.6. The first kappa shape index (κ1) is 25.6. The van der Waals surface area contributed by atoms with E-state index in [0.29, 0.717) is 24.5 Å². The van der Waals surface area contributed by atoms with Crippen LogP contribution in [0.4, 0.5) is 13.6 Å². The van der Waals surface area contributed by atoms with Gasteiger partial charge in [-0.1, -0.05) is 0 Å². The lowest BCUT2D eigenvalue weighted by Crippen LogP contribution is -2.48. The molecule has 3 aromatic rings. The Hall–Kier alpha value is -3.53. The molecule has 0 aliphatic carbocycles. The molecule has 0 spiro atoms. The van der Waals surface area contributed by atoms with E-state index in [9.17, 15) is 9.59 Å². The summed E-state index contributed by atoms with van der Waals surface area (Å²) in [5.41, 5.74) is 0.839. The van der Waals surface area contributed by atoms with E-state index in [0.717, 1.165) is 24.8 Å². The van der Waals surface area contributed by atoms with Crippen LogP contribution in [0.1, 0.15) is 42.4 Å². The molecule has 10 heteroatoms.